The minimum atomic E-state index is -0.373. The summed E-state index contributed by atoms with van der Waals surface area (Å²) in [6.45, 7) is 4.17. The number of piperidine rings is 1. The molecule has 0 amide bonds. The van der Waals surface area contributed by atoms with Gasteiger partial charge in [-0.3, -0.25) is 10.1 Å². The first-order valence-electron chi connectivity index (χ1n) is 7.59. The second kappa shape index (κ2) is 7.83. The van der Waals surface area contributed by atoms with Crippen molar-refractivity contribution in [2.24, 2.45) is 0 Å². The lowest BCUT2D eigenvalue weighted by atomic mass is 10.1. The van der Waals surface area contributed by atoms with Crippen molar-refractivity contribution in [3.05, 3.63) is 28.3 Å². The van der Waals surface area contributed by atoms with Crippen LogP contribution in [0, 0.1) is 10.1 Å². The third-order valence-electron chi connectivity index (χ3n) is 3.59. The summed E-state index contributed by atoms with van der Waals surface area (Å²) in [6.07, 6.45) is 4.34. The predicted octanol–water partition coefficient (Wildman–Crippen LogP) is 2.94. The van der Waals surface area contributed by atoms with E-state index in [1.807, 2.05) is 6.92 Å². The van der Waals surface area contributed by atoms with Crippen molar-refractivity contribution >= 4 is 11.4 Å². The van der Waals surface area contributed by atoms with Crippen molar-refractivity contribution in [2.45, 2.75) is 38.6 Å². The van der Waals surface area contributed by atoms with Gasteiger partial charge in [0.1, 0.15) is 5.69 Å². The Kier molecular flexibility index (Phi) is 5.80. The Morgan fingerprint density at radius 1 is 1.48 bits per heavy atom. The highest BCUT2D eigenvalue weighted by Gasteiger charge is 2.22. The number of rotatable bonds is 7. The zero-order valence-corrected chi connectivity index (χ0v) is 12.4. The predicted molar refractivity (Wildman–Crippen MR) is 83.0 cm³/mol. The van der Waals surface area contributed by atoms with Gasteiger partial charge < -0.3 is 15.4 Å². The Morgan fingerprint density at radius 3 is 3.00 bits per heavy atom. The monoisotopic (exact) mass is 293 g/mol. The van der Waals surface area contributed by atoms with Gasteiger partial charge in [0.25, 0.3) is 0 Å². The Labute approximate surface area is 125 Å². The minimum Gasteiger partial charge on any atom is -0.487 e. The molecular weight excluding hydrogens is 270 g/mol. The first-order valence-corrected chi connectivity index (χ1v) is 7.59. The van der Waals surface area contributed by atoms with Crippen molar-refractivity contribution < 1.29 is 9.66 Å². The molecule has 21 heavy (non-hydrogen) atoms. The average molecular weight is 293 g/mol. The largest absolute Gasteiger partial charge is 0.487 e. The molecule has 1 atom stereocenters. The van der Waals surface area contributed by atoms with Gasteiger partial charge in [-0.2, -0.15) is 0 Å². The van der Waals surface area contributed by atoms with E-state index in [-0.39, 0.29) is 10.6 Å². The van der Waals surface area contributed by atoms with Gasteiger partial charge in [0.2, 0.25) is 0 Å². The van der Waals surface area contributed by atoms with Crippen LogP contribution in [0.3, 0.4) is 0 Å². The maximum atomic E-state index is 11.3. The van der Waals surface area contributed by atoms with Crippen LogP contribution in [0.15, 0.2) is 18.2 Å². The Hall–Kier alpha value is -1.82. The quantitative estimate of drug-likeness (QED) is 0.597. The lowest BCUT2D eigenvalue weighted by Gasteiger charge is -2.24. The van der Waals surface area contributed by atoms with E-state index in [0.29, 0.717) is 30.6 Å². The van der Waals surface area contributed by atoms with E-state index < -0.39 is 0 Å². The van der Waals surface area contributed by atoms with Crippen LogP contribution in [-0.2, 0) is 0 Å². The molecule has 1 fully saturated rings. The van der Waals surface area contributed by atoms with Gasteiger partial charge in [-0.25, -0.2) is 0 Å². The molecule has 1 aromatic rings. The van der Waals surface area contributed by atoms with Gasteiger partial charge in [-0.05, 0) is 37.9 Å². The molecule has 0 aliphatic carbocycles. The SMILES string of the molecule is CCCOc1cccc(NCC2CCCCN2)c1[N+](=O)[O-]. The molecule has 0 spiro atoms. The number of benzene rings is 1. The highest BCUT2D eigenvalue weighted by atomic mass is 16.6. The second-order valence-corrected chi connectivity index (χ2v) is 5.29. The molecule has 2 N–H and O–H groups in total. The van der Waals surface area contributed by atoms with Crippen LogP contribution < -0.4 is 15.4 Å². The topological polar surface area (TPSA) is 76.4 Å². The highest BCUT2D eigenvalue weighted by Crippen LogP contribution is 2.34. The Morgan fingerprint density at radius 2 is 2.33 bits per heavy atom. The summed E-state index contributed by atoms with van der Waals surface area (Å²) >= 11 is 0. The van der Waals surface area contributed by atoms with Crippen LogP contribution in [0.4, 0.5) is 11.4 Å². The summed E-state index contributed by atoms with van der Waals surface area (Å²) in [4.78, 5) is 11.0. The summed E-state index contributed by atoms with van der Waals surface area (Å²) in [5, 5.41) is 17.9. The molecule has 1 aliphatic rings. The summed E-state index contributed by atoms with van der Waals surface area (Å²) in [6, 6.07) is 5.55. The number of nitro groups is 1. The average Bonchev–Trinajstić information content (AvgIpc) is 2.51. The molecule has 6 heteroatoms. The number of para-hydroxylation sites is 1. The first-order chi connectivity index (χ1) is 10.2. The van der Waals surface area contributed by atoms with Crippen LogP contribution in [0.2, 0.25) is 0 Å². The third kappa shape index (κ3) is 4.32. The summed E-state index contributed by atoms with van der Waals surface area (Å²) in [7, 11) is 0. The first kappa shape index (κ1) is 15.6. The number of anilines is 1. The fourth-order valence-electron chi connectivity index (χ4n) is 2.51. The van der Waals surface area contributed by atoms with E-state index in [9.17, 15) is 10.1 Å². The van der Waals surface area contributed by atoms with Crippen LogP contribution in [0.5, 0.6) is 5.75 Å². The molecule has 1 aliphatic heterocycles. The van der Waals surface area contributed by atoms with Crippen LogP contribution in [0.25, 0.3) is 0 Å². The fraction of sp³-hybridized carbons (Fsp3) is 0.600. The standard InChI is InChI=1S/C15H23N3O3/c1-2-10-21-14-8-5-7-13(15(14)18(19)20)17-11-12-6-3-4-9-16-12/h5,7-8,12,16-17H,2-4,6,9-11H2,1H3. The Bertz CT molecular complexity index is 473. The van der Waals surface area contributed by atoms with E-state index in [4.69, 9.17) is 4.74 Å². The molecule has 1 aromatic carbocycles. The van der Waals surface area contributed by atoms with Gasteiger partial charge >= 0.3 is 5.69 Å². The number of ether oxygens (including phenoxy) is 1. The van der Waals surface area contributed by atoms with Gasteiger partial charge in [0.05, 0.1) is 11.5 Å². The number of nitro benzene ring substituents is 1. The molecule has 0 saturated carbocycles. The number of nitrogens with zero attached hydrogens (tertiary/aromatic N) is 1. The zero-order chi connectivity index (χ0) is 15.1. The lowest BCUT2D eigenvalue weighted by Crippen LogP contribution is -2.39. The molecule has 0 bridgehead atoms. The van der Waals surface area contributed by atoms with E-state index in [1.54, 1.807) is 18.2 Å². The van der Waals surface area contributed by atoms with Gasteiger partial charge in [-0.15, -0.1) is 0 Å². The Balaban J connectivity index is 2.07. The highest BCUT2D eigenvalue weighted by molar-refractivity contribution is 5.68. The summed E-state index contributed by atoms with van der Waals surface area (Å²) < 4.78 is 5.48. The van der Waals surface area contributed by atoms with E-state index in [0.717, 1.165) is 19.4 Å². The van der Waals surface area contributed by atoms with Gasteiger partial charge in [0.15, 0.2) is 5.75 Å². The van der Waals surface area contributed by atoms with Crippen LogP contribution in [0.1, 0.15) is 32.6 Å². The van der Waals surface area contributed by atoms with Crippen LogP contribution >= 0.6 is 0 Å². The molecule has 2 rings (SSSR count). The van der Waals surface area contributed by atoms with E-state index in [1.165, 1.54) is 12.8 Å². The molecule has 0 radical (unpaired) electrons. The number of nitrogens with one attached hydrogen (secondary N) is 2. The van der Waals surface area contributed by atoms with Crippen molar-refractivity contribution in [2.75, 3.05) is 25.0 Å². The minimum absolute atomic E-state index is 0.0294. The van der Waals surface area contributed by atoms with E-state index in [2.05, 4.69) is 10.6 Å². The zero-order valence-electron chi connectivity index (χ0n) is 12.4. The number of hydrogen-bond donors (Lipinski definition) is 2. The molecule has 1 unspecified atom stereocenters. The fourth-order valence-corrected chi connectivity index (χ4v) is 2.51. The van der Waals surface area contributed by atoms with Gasteiger partial charge in [0, 0.05) is 12.6 Å². The molecular formula is C15H23N3O3. The number of hydrogen-bond acceptors (Lipinski definition) is 5. The van der Waals surface area contributed by atoms with E-state index >= 15 is 0 Å². The molecule has 6 nitrogen and oxygen atoms in total. The van der Waals surface area contributed by atoms with Crippen molar-refractivity contribution in [1.82, 2.24) is 5.32 Å². The maximum absolute atomic E-state index is 11.3. The molecule has 1 heterocycles. The molecule has 1 saturated heterocycles. The summed E-state index contributed by atoms with van der Waals surface area (Å²) in [5.41, 5.74) is 0.558. The molecule has 0 aromatic heterocycles. The van der Waals surface area contributed by atoms with Crippen LogP contribution in [-0.4, -0.2) is 30.7 Å². The summed E-state index contributed by atoms with van der Waals surface area (Å²) in [5.74, 6) is 0.337. The maximum Gasteiger partial charge on any atom is 0.333 e. The van der Waals surface area contributed by atoms with Crippen molar-refractivity contribution in [1.29, 1.82) is 0 Å². The molecule has 116 valence electrons. The van der Waals surface area contributed by atoms with Gasteiger partial charge in [-0.1, -0.05) is 19.4 Å². The third-order valence-corrected chi connectivity index (χ3v) is 3.59. The van der Waals surface area contributed by atoms with Crippen molar-refractivity contribution in [3.8, 4) is 5.75 Å². The normalized spacial score (nSPS) is 18.2. The second-order valence-electron chi connectivity index (χ2n) is 5.29. The van der Waals surface area contributed by atoms with Crippen molar-refractivity contribution in [3.63, 3.8) is 0 Å². The lowest BCUT2D eigenvalue weighted by molar-refractivity contribution is -0.385. The smallest absolute Gasteiger partial charge is 0.333 e.